The molecule has 1 fully saturated rings. The topological polar surface area (TPSA) is 67.0 Å². The highest BCUT2D eigenvalue weighted by Gasteiger charge is 2.18. The van der Waals surface area contributed by atoms with Gasteiger partial charge in [-0.05, 0) is 24.5 Å². The van der Waals surface area contributed by atoms with Crippen LogP contribution in [0.2, 0.25) is 0 Å². The third kappa shape index (κ3) is 2.72. The molecule has 1 saturated heterocycles. The Morgan fingerprint density at radius 2 is 2.35 bits per heavy atom. The summed E-state index contributed by atoms with van der Waals surface area (Å²) in [7, 11) is 0. The highest BCUT2D eigenvalue weighted by Crippen LogP contribution is 2.22. The van der Waals surface area contributed by atoms with Crippen molar-refractivity contribution in [1.82, 2.24) is 15.5 Å². The Labute approximate surface area is 117 Å². The molecule has 1 aliphatic heterocycles. The summed E-state index contributed by atoms with van der Waals surface area (Å²) in [6, 6.07) is 7.53. The average Bonchev–Trinajstić information content (AvgIpc) is 3.18. The van der Waals surface area contributed by atoms with Crippen molar-refractivity contribution in [2.45, 2.75) is 18.9 Å². The molecule has 2 heterocycles. The summed E-state index contributed by atoms with van der Waals surface area (Å²) in [4.78, 5) is 12.3. The van der Waals surface area contributed by atoms with Gasteiger partial charge in [0, 0.05) is 30.5 Å². The van der Waals surface area contributed by atoms with E-state index in [-0.39, 0.29) is 12.0 Å². The predicted molar refractivity (Wildman–Crippen MR) is 75.3 cm³/mol. The maximum atomic E-state index is 12.3. The second-order valence-electron chi connectivity index (χ2n) is 4.88. The molecule has 5 heteroatoms. The van der Waals surface area contributed by atoms with Crippen molar-refractivity contribution >= 4 is 5.91 Å². The number of rotatable bonds is 4. The quantitative estimate of drug-likeness (QED) is 0.893. The van der Waals surface area contributed by atoms with Crippen LogP contribution in [0.1, 0.15) is 23.2 Å². The smallest absolute Gasteiger partial charge is 0.252 e. The van der Waals surface area contributed by atoms with E-state index in [2.05, 4.69) is 15.5 Å². The first kappa shape index (κ1) is 12.9. The molecule has 1 aromatic heterocycles. The largest absolute Gasteiger partial charge is 0.376 e. The van der Waals surface area contributed by atoms with Gasteiger partial charge in [-0.15, -0.1) is 0 Å². The van der Waals surface area contributed by atoms with Crippen molar-refractivity contribution in [2.75, 3.05) is 13.2 Å². The normalized spacial score (nSPS) is 18.1. The Morgan fingerprint density at radius 3 is 3.10 bits per heavy atom. The second-order valence-corrected chi connectivity index (χ2v) is 4.88. The molecule has 5 nitrogen and oxygen atoms in total. The minimum atomic E-state index is -0.0719. The van der Waals surface area contributed by atoms with Gasteiger partial charge in [-0.3, -0.25) is 9.89 Å². The van der Waals surface area contributed by atoms with Gasteiger partial charge >= 0.3 is 0 Å². The number of aromatic nitrogens is 2. The van der Waals surface area contributed by atoms with Crippen molar-refractivity contribution in [1.29, 1.82) is 0 Å². The van der Waals surface area contributed by atoms with Gasteiger partial charge in [0.05, 0.1) is 12.3 Å². The maximum Gasteiger partial charge on any atom is 0.252 e. The van der Waals surface area contributed by atoms with Crippen LogP contribution in [0.3, 0.4) is 0 Å². The molecular formula is C15H17N3O2. The van der Waals surface area contributed by atoms with Gasteiger partial charge in [-0.2, -0.15) is 5.10 Å². The third-order valence-corrected chi connectivity index (χ3v) is 3.50. The molecule has 1 aromatic carbocycles. The summed E-state index contributed by atoms with van der Waals surface area (Å²) in [5, 5.41) is 9.65. The molecule has 1 aliphatic rings. The minimum Gasteiger partial charge on any atom is -0.376 e. The van der Waals surface area contributed by atoms with E-state index in [9.17, 15) is 4.79 Å². The molecule has 20 heavy (non-hydrogen) atoms. The summed E-state index contributed by atoms with van der Waals surface area (Å²) in [5.41, 5.74) is 2.45. The molecule has 1 unspecified atom stereocenters. The second kappa shape index (κ2) is 5.88. The first-order chi connectivity index (χ1) is 9.84. The molecule has 104 valence electrons. The lowest BCUT2D eigenvalue weighted by Gasteiger charge is -2.12. The summed E-state index contributed by atoms with van der Waals surface area (Å²) >= 11 is 0. The van der Waals surface area contributed by atoms with Crippen molar-refractivity contribution in [3.05, 3.63) is 42.2 Å². The van der Waals surface area contributed by atoms with E-state index in [0.29, 0.717) is 12.1 Å². The average molecular weight is 271 g/mol. The number of hydrogen-bond donors (Lipinski definition) is 2. The third-order valence-electron chi connectivity index (χ3n) is 3.50. The zero-order valence-electron chi connectivity index (χ0n) is 11.1. The van der Waals surface area contributed by atoms with Gasteiger partial charge in [-0.25, -0.2) is 0 Å². The van der Waals surface area contributed by atoms with Crippen LogP contribution in [0.25, 0.3) is 11.1 Å². The fraction of sp³-hybridized carbons (Fsp3) is 0.333. The Balaban J connectivity index is 1.74. The number of H-pyrrole nitrogens is 1. The van der Waals surface area contributed by atoms with Crippen molar-refractivity contribution in [3.8, 4) is 11.1 Å². The predicted octanol–water partition coefficient (Wildman–Crippen LogP) is 1.99. The van der Waals surface area contributed by atoms with Crippen molar-refractivity contribution in [3.63, 3.8) is 0 Å². The summed E-state index contributed by atoms with van der Waals surface area (Å²) in [5.74, 6) is -0.0719. The lowest BCUT2D eigenvalue weighted by molar-refractivity contribution is 0.0858. The van der Waals surface area contributed by atoms with E-state index in [1.807, 2.05) is 24.3 Å². The molecule has 1 amide bonds. The number of carbonyl (C=O) groups excluding carboxylic acids is 1. The van der Waals surface area contributed by atoms with Crippen LogP contribution in [0, 0.1) is 0 Å². The number of hydrogen-bond acceptors (Lipinski definition) is 3. The standard InChI is InChI=1S/C15H17N3O2/c19-15(16-10-12-4-3-7-20-12)14-6-2-1-5-13(14)11-8-17-18-9-11/h1-2,5-6,8-9,12H,3-4,7,10H2,(H,16,19)(H,17,18). The fourth-order valence-corrected chi connectivity index (χ4v) is 2.44. The molecule has 3 rings (SSSR count). The Morgan fingerprint density at radius 1 is 1.45 bits per heavy atom. The molecule has 2 N–H and O–H groups in total. The van der Waals surface area contributed by atoms with Crippen molar-refractivity contribution < 1.29 is 9.53 Å². The molecule has 0 spiro atoms. The molecule has 1 atom stereocenters. The first-order valence-electron chi connectivity index (χ1n) is 6.82. The first-order valence-corrected chi connectivity index (χ1v) is 6.82. The van der Waals surface area contributed by atoms with Crippen LogP contribution in [-0.2, 0) is 4.74 Å². The Bertz CT molecular complexity index is 575. The van der Waals surface area contributed by atoms with Crippen LogP contribution >= 0.6 is 0 Å². The van der Waals surface area contributed by atoms with Gasteiger partial charge in [0.25, 0.3) is 5.91 Å². The zero-order valence-corrected chi connectivity index (χ0v) is 11.1. The minimum absolute atomic E-state index is 0.0719. The van der Waals surface area contributed by atoms with Gasteiger partial charge < -0.3 is 10.1 Å². The highest BCUT2D eigenvalue weighted by atomic mass is 16.5. The molecule has 0 bridgehead atoms. The van der Waals surface area contributed by atoms with Gasteiger partial charge in [0.2, 0.25) is 0 Å². The van der Waals surface area contributed by atoms with E-state index in [0.717, 1.165) is 30.6 Å². The number of aromatic amines is 1. The lowest BCUT2D eigenvalue weighted by Crippen LogP contribution is -2.32. The van der Waals surface area contributed by atoms with Crippen LogP contribution < -0.4 is 5.32 Å². The van der Waals surface area contributed by atoms with E-state index >= 15 is 0 Å². The SMILES string of the molecule is O=C(NCC1CCCO1)c1ccccc1-c1cn[nH]c1. The zero-order chi connectivity index (χ0) is 13.8. The van der Waals surface area contributed by atoms with Gasteiger partial charge in [-0.1, -0.05) is 18.2 Å². The van der Waals surface area contributed by atoms with Crippen LogP contribution in [0.4, 0.5) is 0 Å². The summed E-state index contributed by atoms with van der Waals surface area (Å²) in [6.07, 6.45) is 5.74. The van der Waals surface area contributed by atoms with Crippen LogP contribution in [0.15, 0.2) is 36.7 Å². The maximum absolute atomic E-state index is 12.3. The molecule has 0 radical (unpaired) electrons. The molecule has 2 aromatic rings. The number of nitrogens with zero attached hydrogens (tertiary/aromatic N) is 1. The van der Waals surface area contributed by atoms with E-state index < -0.39 is 0 Å². The van der Waals surface area contributed by atoms with Gasteiger partial charge in [0.15, 0.2) is 0 Å². The highest BCUT2D eigenvalue weighted by molar-refractivity contribution is 6.00. The van der Waals surface area contributed by atoms with Crippen LogP contribution in [0.5, 0.6) is 0 Å². The van der Waals surface area contributed by atoms with E-state index in [1.54, 1.807) is 12.4 Å². The molecular weight excluding hydrogens is 254 g/mol. The van der Waals surface area contributed by atoms with Gasteiger partial charge in [0.1, 0.15) is 0 Å². The monoisotopic (exact) mass is 271 g/mol. The Hall–Kier alpha value is -2.14. The number of carbonyl (C=O) groups is 1. The molecule has 0 saturated carbocycles. The van der Waals surface area contributed by atoms with Crippen LogP contribution in [-0.4, -0.2) is 35.4 Å². The lowest BCUT2D eigenvalue weighted by atomic mass is 10.0. The molecule has 0 aliphatic carbocycles. The van der Waals surface area contributed by atoms with E-state index in [4.69, 9.17) is 4.74 Å². The number of ether oxygens (including phenoxy) is 1. The number of nitrogens with one attached hydrogen (secondary N) is 2. The summed E-state index contributed by atoms with van der Waals surface area (Å²) < 4.78 is 5.51. The van der Waals surface area contributed by atoms with Crippen molar-refractivity contribution in [2.24, 2.45) is 0 Å². The fourth-order valence-electron chi connectivity index (χ4n) is 2.44. The Kier molecular flexibility index (Phi) is 3.78. The number of amides is 1. The summed E-state index contributed by atoms with van der Waals surface area (Å²) in [6.45, 7) is 1.37. The van der Waals surface area contributed by atoms with E-state index in [1.165, 1.54) is 0 Å². The number of benzene rings is 1.